The fourth-order valence-corrected chi connectivity index (χ4v) is 0.853. The average molecular weight is 172 g/mol. The van der Waals surface area contributed by atoms with Gasteiger partial charge in [0, 0.05) is 12.6 Å². The summed E-state index contributed by atoms with van der Waals surface area (Å²) in [7, 11) is 4.15. The van der Waals surface area contributed by atoms with E-state index in [4.69, 9.17) is 11.5 Å². The van der Waals surface area contributed by atoms with Crippen molar-refractivity contribution in [1.82, 2.24) is 4.90 Å². The van der Waals surface area contributed by atoms with Crippen LogP contribution in [0.5, 0.6) is 0 Å². The molecule has 4 heteroatoms. The van der Waals surface area contributed by atoms with Gasteiger partial charge in [-0.05, 0) is 33.9 Å². The molecule has 0 rings (SSSR count). The van der Waals surface area contributed by atoms with Crippen molar-refractivity contribution in [2.75, 3.05) is 20.6 Å². The first-order valence-corrected chi connectivity index (χ1v) is 4.26. The van der Waals surface area contributed by atoms with Crippen molar-refractivity contribution in [3.05, 3.63) is 0 Å². The molecule has 0 saturated carbocycles. The Labute approximate surface area is 74.6 Å². The molecule has 4 N–H and O–H groups in total. The van der Waals surface area contributed by atoms with Crippen molar-refractivity contribution < 1.29 is 0 Å². The molecule has 12 heavy (non-hydrogen) atoms. The van der Waals surface area contributed by atoms with E-state index in [1.54, 1.807) is 0 Å². The van der Waals surface area contributed by atoms with E-state index >= 15 is 0 Å². The number of guanidine groups is 1. The summed E-state index contributed by atoms with van der Waals surface area (Å²) in [4.78, 5) is 6.10. The predicted octanol–water partition coefficient (Wildman–Crippen LogP) is -0.00990. The molecule has 0 aromatic heterocycles. The topological polar surface area (TPSA) is 67.6 Å². The minimum absolute atomic E-state index is 0.188. The third-order valence-electron chi connectivity index (χ3n) is 1.96. The normalized spacial score (nSPS) is 13.0. The van der Waals surface area contributed by atoms with E-state index in [9.17, 15) is 0 Å². The Morgan fingerprint density at radius 2 is 2.00 bits per heavy atom. The molecule has 1 unspecified atom stereocenters. The second-order valence-corrected chi connectivity index (χ2v) is 3.26. The molecule has 0 aliphatic heterocycles. The third kappa shape index (κ3) is 5.97. The van der Waals surface area contributed by atoms with Crippen LogP contribution in [0, 0.1) is 0 Å². The van der Waals surface area contributed by atoms with Crippen LogP contribution in [0.4, 0.5) is 0 Å². The minimum atomic E-state index is 0.188. The lowest BCUT2D eigenvalue weighted by molar-refractivity contribution is 0.295. The summed E-state index contributed by atoms with van der Waals surface area (Å²) in [6, 6.07) is 0.596. The highest BCUT2D eigenvalue weighted by atomic mass is 15.1. The van der Waals surface area contributed by atoms with Gasteiger partial charge in [0.05, 0.1) is 0 Å². The molecule has 4 nitrogen and oxygen atoms in total. The van der Waals surface area contributed by atoms with Gasteiger partial charge in [-0.1, -0.05) is 0 Å². The molecule has 72 valence electrons. The maximum atomic E-state index is 5.19. The summed E-state index contributed by atoms with van der Waals surface area (Å²) < 4.78 is 0. The van der Waals surface area contributed by atoms with Crippen LogP contribution in [-0.4, -0.2) is 37.5 Å². The van der Waals surface area contributed by atoms with Gasteiger partial charge in [0.25, 0.3) is 0 Å². The SMILES string of the molecule is CC(CCCN=C(N)N)N(C)C. The van der Waals surface area contributed by atoms with E-state index in [2.05, 4.69) is 30.9 Å². The lowest BCUT2D eigenvalue weighted by atomic mass is 10.2. The molecule has 0 amide bonds. The van der Waals surface area contributed by atoms with Gasteiger partial charge in [-0.2, -0.15) is 0 Å². The summed E-state index contributed by atoms with van der Waals surface area (Å²) in [6.45, 7) is 2.93. The van der Waals surface area contributed by atoms with Crippen LogP contribution >= 0.6 is 0 Å². The molecule has 1 atom stereocenters. The number of nitrogens with two attached hydrogens (primary N) is 2. The zero-order valence-electron chi connectivity index (χ0n) is 8.25. The molecule has 0 saturated heterocycles. The van der Waals surface area contributed by atoms with Crippen molar-refractivity contribution in [3.8, 4) is 0 Å². The molecule has 0 fully saturated rings. The highest BCUT2D eigenvalue weighted by Crippen LogP contribution is 2.01. The molecule has 0 aromatic carbocycles. The lowest BCUT2D eigenvalue weighted by Crippen LogP contribution is -2.25. The summed E-state index contributed by atoms with van der Waals surface area (Å²) in [5, 5.41) is 0. The van der Waals surface area contributed by atoms with Crippen molar-refractivity contribution in [2.24, 2.45) is 16.5 Å². The fourth-order valence-electron chi connectivity index (χ4n) is 0.853. The Kier molecular flexibility index (Phi) is 5.45. The van der Waals surface area contributed by atoms with Crippen LogP contribution in [-0.2, 0) is 0 Å². The van der Waals surface area contributed by atoms with Crippen molar-refractivity contribution >= 4 is 5.96 Å². The summed E-state index contributed by atoms with van der Waals surface area (Å²) in [5.41, 5.74) is 10.4. The fraction of sp³-hybridized carbons (Fsp3) is 0.875. The minimum Gasteiger partial charge on any atom is -0.370 e. The monoisotopic (exact) mass is 172 g/mol. The maximum absolute atomic E-state index is 5.19. The highest BCUT2D eigenvalue weighted by molar-refractivity contribution is 5.75. The number of aliphatic imine (C=N–C) groups is 1. The largest absolute Gasteiger partial charge is 0.370 e. The van der Waals surface area contributed by atoms with Gasteiger partial charge in [0.15, 0.2) is 5.96 Å². The molecule has 0 spiro atoms. The molecular weight excluding hydrogens is 152 g/mol. The van der Waals surface area contributed by atoms with Crippen LogP contribution in [0.25, 0.3) is 0 Å². The molecule has 0 bridgehead atoms. The molecular formula is C8H20N4. The molecule has 0 radical (unpaired) electrons. The first-order chi connectivity index (χ1) is 5.54. The van der Waals surface area contributed by atoms with Gasteiger partial charge in [0.2, 0.25) is 0 Å². The van der Waals surface area contributed by atoms with Gasteiger partial charge in [-0.15, -0.1) is 0 Å². The van der Waals surface area contributed by atoms with Gasteiger partial charge >= 0.3 is 0 Å². The van der Waals surface area contributed by atoms with Crippen molar-refractivity contribution in [1.29, 1.82) is 0 Å². The van der Waals surface area contributed by atoms with E-state index in [1.165, 1.54) is 0 Å². The van der Waals surface area contributed by atoms with E-state index in [0.29, 0.717) is 6.04 Å². The standard InChI is InChI=1S/C8H20N4/c1-7(12(2)3)5-4-6-11-8(9)10/h7H,4-6H2,1-3H3,(H4,9,10,11). The molecule has 0 aliphatic rings. The highest BCUT2D eigenvalue weighted by Gasteiger charge is 2.02. The Bertz CT molecular complexity index is 138. The van der Waals surface area contributed by atoms with E-state index in [0.717, 1.165) is 19.4 Å². The summed E-state index contributed by atoms with van der Waals surface area (Å²) in [6.07, 6.45) is 2.17. The van der Waals surface area contributed by atoms with Crippen molar-refractivity contribution in [3.63, 3.8) is 0 Å². The van der Waals surface area contributed by atoms with E-state index < -0.39 is 0 Å². The van der Waals surface area contributed by atoms with Crippen LogP contribution in [0.2, 0.25) is 0 Å². The quantitative estimate of drug-likeness (QED) is 0.348. The van der Waals surface area contributed by atoms with Gasteiger partial charge in [-0.25, -0.2) is 0 Å². The van der Waals surface area contributed by atoms with E-state index in [-0.39, 0.29) is 5.96 Å². The smallest absolute Gasteiger partial charge is 0.185 e. The van der Waals surface area contributed by atoms with Crippen LogP contribution in [0.1, 0.15) is 19.8 Å². The Morgan fingerprint density at radius 3 is 2.42 bits per heavy atom. The lowest BCUT2D eigenvalue weighted by Gasteiger charge is -2.18. The molecule has 0 aromatic rings. The van der Waals surface area contributed by atoms with E-state index in [1.807, 2.05) is 0 Å². The molecule has 0 aliphatic carbocycles. The number of nitrogens with zero attached hydrogens (tertiary/aromatic N) is 2. The van der Waals surface area contributed by atoms with Crippen LogP contribution < -0.4 is 11.5 Å². The number of rotatable bonds is 5. The first kappa shape index (κ1) is 11.2. The van der Waals surface area contributed by atoms with Gasteiger partial charge in [0.1, 0.15) is 0 Å². The maximum Gasteiger partial charge on any atom is 0.185 e. The summed E-state index contributed by atoms with van der Waals surface area (Å²) in [5.74, 6) is 0.188. The average Bonchev–Trinajstić information content (AvgIpc) is 1.97. The predicted molar refractivity (Wildman–Crippen MR) is 53.1 cm³/mol. The first-order valence-electron chi connectivity index (χ1n) is 4.26. The molecule has 0 heterocycles. The second-order valence-electron chi connectivity index (χ2n) is 3.26. The number of hydrogen-bond donors (Lipinski definition) is 2. The summed E-state index contributed by atoms with van der Waals surface area (Å²) >= 11 is 0. The zero-order chi connectivity index (χ0) is 9.56. The van der Waals surface area contributed by atoms with Gasteiger partial charge in [-0.3, -0.25) is 4.99 Å². The third-order valence-corrected chi connectivity index (χ3v) is 1.96. The Hall–Kier alpha value is -0.770. The van der Waals surface area contributed by atoms with Gasteiger partial charge < -0.3 is 16.4 Å². The van der Waals surface area contributed by atoms with Crippen LogP contribution in [0.3, 0.4) is 0 Å². The zero-order valence-corrected chi connectivity index (χ0v) is 8.25. The Balaban J connectivity index is 3.38. The number of hydrogen-bond acceptors (Lipinski definition) is 2. The van der Waals surface area contributed by atoms with Crippen molar-refractivity contribution in [2.45, 2.75) is 25.8 Å². The second kappa shape index (κ2) is 5.83. The van der Waals surface area contributed by atoms with Crippen LogP contribution in [0.15, 0.2) is 4.99 Å². The Morgan fingerprint density at radius 1 is 1.42 bits per heavy atom.